The number of likely N-dealkylation sites (N-methyl/N-ethyl adjacent to an activating group) is 1. The summed E-state index contributed by atoms with van der Waals surface area (Å²) in [5.41, 5.74) is 2.37. The normalized spacial score (nSPS) is 11.1. The Kier molecular flexibility index (Phi) is 6.97. The highest BCUT2D eigenvalue weighted by molar-refractivity contribution is 7.92. The molecule has 0 fully saturated rings. The van der Waals surface area contributed by atoms with Crippen LogP contribution in [0.3, 0.4) is 0 Å². The van der Waals surface area contributed by atoms with Gasteiger partial charge in [-0.2, -0.15) is 0 Å². The van der Waals surface area contributed by atoms with Gasteiger partial charge in [-0.05, 0) is 47.5 Å². The molecule has 0 unspecified atom stereocenters. The average Bonchev–Trinajstić information content (AvgIpc) is 2.80. The third-order valence-corrected chi connectivity index (χ3v) is 6.86. The molecular weight excluding hydrogens is 412 g/mol. The molecule has 0 heterocycles. The monoisotopic (exact) mass is 438 g/mol. The van der Waals surface area contributed by atoms with Gasteiger partial charge in [0.25, 0.3) is 10.0 Å². The van der Waals surface area contributed by atoms with Crippen LogP contribution in [0.1, 0.15) is 11.1 Å². The number of methoxy groups -OCH3 is 1. The van der Waals surface area contributed by atoms with E-state index in [-0.39, 0.29) is 17.2 Å². The Bertz CT molecular complexity index is 1110. The zero-order valence-electron chi connectivity index (χ0n) is 17.9. The predicted octanol–water partition coefficient (Wildman–Crippen LogP) is 3.72. The van der Waals surface area contributed by atoms with Crippen LogP contribution < -0.4 is 9.04 Å². The highest BCUT2D eigenvalue weighted by Crippen LogP contribution is 2.22. The SMILES string of the molecule is COc1ccc(CN(C)C(=O)Cc2ccc(N(C)S(=O)(=O)c3ccccc3)cc2)cc1. The van der Waals surface area contributed by atoms with Crippen molar-refractivity contribution >= 4 is 21.6 Å². The van der Waals surface area contributed by atoms with Gasteiger partial charge in [-0.3, -0.25) is 9.10 Å². The Labute approximate surface area is 183 Å². The van der Waals surface area contributed by atoms with E-state index in [1.54, 1.807) is 73.7 Å². The van der Waals surface area contributed by atoms with Crippen LogP contribution in [0, 0.1) is 0 Å². The number of nitrogens with zero attached hydrogens (tertiary/aromatic N) is 2. The van der Waals surface area contributed by atoms with Crippen molar-refractivity contribution in [3.63, 3.8) is 0 Å². The molecule has 6 nitrogen and oxygen atoms in total. The van der Waals surface area contributed by atoms with Crippen molar-refractivity contribution in [3.8, 4) is 5.75 Å². The standard InChI is InChI=1S/C24H26N2O4S/c1-25(18-20-11-15-22(30-3)16-12-20)24(27)17-19-9-13-21(14-10-19)26(2)31(28,29)23-7-5-4-6-8-23/h4-16H,17-18H2,1-3H3. The minimum absolute atomic E-state index is 0.0196. The van der Waals surface area contributed by atoms with Crippen molar-refractivity contribution in [2.24, 2.45) is 0 Å². The fourth-order valence-corrected chi connectivity index (χ4v) is 4.33. The molecule has 0 bridgehead atoms. The zero-order valence-corrected chi connectivity index (χ0v) is 18.7. The maximum atomic E-state index is 12.8. The first kappa shape index (κ1) is 22.4. The number of sulfonamides is 1. The van der Waals surface area contributed by atoms with Crippen molar-refractivity contribution in [3.05, 3.63) is 90.0 Å². The second kappa shape index (κ2) is 9.66. The average molecular weight is 439 g/mol. The second-order valence-corrected chi connectivity index (χ2v) is 9.20. The first-order valence-electron chi connectivity index (χ1n) is 9.81. The third-order valence-electron chi connectivity index (χ3n) is 5.06. The molecule has 0 atom stereocenters. The Morgan fingerprint density at radius 3 is 2.00 bits per heavy atom. The van der Waals surface area contributed by atoms with Crippen molar-refractivity contribution < 1.29 is 17.9 Å². The van der Waals surface area contributed by atoms with E-state index >= 15 is 0 Å². The van der Waals surface area contributed by atoms with Gasteiger partial charge in [0.1, 0.15) is 5.75 Å². The first-order valence-corrected chi connectivity index (χ1v) is 11.2. The maximum absolute atomic E-state index is 12.8. The molecule has 3 aromatic rings. The molecule has 0 spiro atoms. The fourth-order valence-electron chi connectivity index (χ4n) is 3.12. The smallest absolute Gasteiger partial charge is 0.264 e. The lowest BCUT2D eigenvalue weighted by atomic mass is 10.1. The fraction of sp³-hybridized carbons (Fsp3) is 0.208. The van der Waals surface area contributed by atoms with Crippen molar-refractivity contribution in [1.29, 1.82) is 0 Å². The molecule has 0 aliphatic heterocycles. The largest absolute Gasteiger partial charge is 0.497 e. The van der Waals surface area contributed by atoms with Crippen LogP contribution in [0.4, 0.5) is 5.69 Å². The maximum Gasteiger partial charge on any atom is 0.264 e. The van der Waals surface area contributed by atoms with Gasteiger partial charge in [-0.1, -0.05) is 42.5 Å². The highest BCUT2D eigenvalue weighted by Gasteiger charge is 2.21. The molecule has 0 N–H and O–H groups in total. The summed E-state index contributed by atoms with van der Waals surface area (Å²) in [5.74, 6) is 0.755. The molecule has 7 heteroatoms. The minimum Gasteiger partial charge on any atom is -0.497 e. The molecule has 0 saturated carbocycles. The second-order valence-electron chi connectivity index (χ2n) is 7.23. The summed E-state index contributed by atoms with van der Waals surface area (Å²) in [5, 5.41) is 0. The van der Waals surface area contributed by atoms with Gasteiger partial charge < -0.3 is 9.64 Å². The van der Waals surface area contributed by atoms with E-state index in [4.69, 9.17) is 4.74 Å². The summed E-state index contributed by atoms with van der Waals surface area (Å²) in [6, 6.07) is 22.9. The van der Waals surface area contributed by atoms with Crippen molar-refractivity contribution in [1.82, 2.24) is 4.90 Å². The third kappa shape index (κ3) is 5.44. The van der Waals surface area contributed by atoms with E-state index in [9.17, 15) is 13.2 Å². The van der Waals surface area contributed by atoms with Gasteiger partial charge in [-0.15, -0.1) is 0 Å². The van der Waals surface area contributed by atoms with E-state index in [0.29, 0.717) is 12.2 Å². The summed E-state index contributed by atoms with van der Waals surface area (Å²) in [6.07, 6.45) is 0.238. The lowest BCUT2D eigenvalue weighted by Gasteiger charge is -2.20. The summed E-state index contributed by atoms with van der Waals surface area (Å²) < 4.78 is 31.9. The van der Waals surface area contributed by atoms with Crippen molar-refractivity contribution in [2.45, 2.75) is 17.9 Å². The van der Waals surface area contributed by atoms with Crippen LogP contribution in [0.2, 0.25) is 0 Å². The molecular formula is C24H26N2O4S. The minimum atomic E-state index is -3.63. The molecule has 0 radical (unpaired) electrons. The summed E-state index contributed by atoms with van der Waals surface area (Å²) in [6.45, 7) is 0.499. The summed E-state index contributed by atoms with van der Waals surface area (Å²) >= 11 is 0. The molecule has 0 aromatic heterocycles. The lowest BCUT2D eigenvalue weighted by Crippen LogP contribution is -2.28. The van der Waals surface area contributed by atoms with E-state index in [1.165, 1.54) is 11.4 Å². The number of ether oxygens (including phenoxy) is 1. The van der Waals surface area contributed by atoms with E-state index < -0.39 is 10.0 Å². The van der Waals surface area contributed by atoms with Gasteiger partial charge >= 0.3 is 0 Å². The molecule has 0 aliphatic carbocycles. The summed E-state index contributed by atoms with van der Waals surface area (Å²) in [4.78, 5) is 14.5. The van der Waals surface area contributed by atoms with Gasteiger partial charge in [0, 0.05) is 20.6 Å². The highest BCUT2D eigenvalue weighted by atomic mass is 32.2. The number of hydrogen-bond acceptors (Lipinski definition) is 4. The Morgan fingerprint density at radius 2 is 1.42 bits per heavy atom. The lowest BCUT2D eigenvalue weighted by molar-refractivity contribution is -0.129. The quantitative estimate of drug-likeness (QED) is 0.538. The van der Waals surface area contributed by atoms with Crippen LogP contribution >= 0.6 is 0 Å². The Morgan fingerprint density at radius 1 is 0.839 bits per heavy atom. The molecule has 0 saturated heterocycles. The number of anilines is 1. The number of carbonyl (C=O) groups is 1. The van der Waals surface area contributed by atoms with E-state index in [2.05, 4.69) is 0 Å². The Balaban J connectivity index is 1.63. The zero-order chi connectivity index (χ0) is 22.4. The van der Waals surface area contributed by atoms with E-state index in [0.717, 1.165) is 16.9 Å². The van der Waals surface area contributed by atoms with Crippen LogP contribution in [0.15, 0.2) is 83.8 Å². The van der Waals surface area contributed by atoms with Crippen LogP contribution in [-0.4, -0.2) is 40.4 Å². The van der Waals surface area contributed by atoms with Crippen LogP contribution in [0.25, 0.3) is 0 Å². The number of benzene rings is 3. The number of hydrogen-bond donors (Lipinski definition) is 0. The number of rotatable bonds is 8. The first-order chi connectivity index (χ1) is 14.8. The van der Waals surface area contributed by atoms with Gasteiger partial charge in [0.05, 0.1) is 24.1 Å². The van der Waals surface area contributed by atoms with Gasteiger partial charge in [0.2, 0.25) is 5.91 Å². The molecule has 0 aliphatic rings. The Hall–Kier alpha value is -3.32. The predicted molar refractivity (Wildman–Crippen MR) is 122 cm³/mol. The van der Waals surface area contributed by atoms with Crippen molar-refractivity contribution in [2.75, 3.05) is 25.5 Å². The molecule has 3 aromatic carbocycles. The number of carbonyl (C=O) groups excluding carboxylic acids is 1. The molecule has 162 valence electrons. The summed E-state index contributed by atoms with van der Waals surface area (Å²) in [7, 11) is 1.27. The topological polar surface area (TPSA) is 66.9 Å². The van der Waals surface area contributed by atoms with Gasteiger partial charge in [-0.25, -0.2) is 8.42 Å². The molecule has 3 rings (SSSR count). The van der Waals surface area contributed by atoms with E-state index in [1.807, 2.05) is 24.3 Å². The molecule has 1 amide bonds. The van der Waals surface area contributed by atoms with Crippen LogP contribution in [-0.2, 0) is 27.8 Å². The van der Waals surface area contributed by atoms with Crippen LogP contribution in [0.5, 0.6) is 5.75 Å². The molecule has 31 heavy (non-hydrogen) atoms. The van der Waals surface area contributed by atoms with Gasteiger partial charge in [0.15, 0.2) is 0 Å². The number of amides is 1.